The van der Waals surface area contributed by atoms with E-state index in [1.807, 2.05) is 36.5 Å². The minimum atomic E-state index is -0.395. The number of hydrogen-bond acceptors (Lipinski definition) is 3. The van der Waals surface area contributed by atoms with Crippen molar-refractivity contribution in [2.75, 3.05) is 0 Å². The van der Waals surface area contributed by atoms with Crippen molar-refractivity contribution in [1.29, 1.82) is 0 Å². The van der Waals surface area contributed by atoms with Gasteiger partial charge in [-0.15, -0.1) is 0 Å². The van der Waals surface area contributed by atoms with E-state index in [1.54, 1.807) is 18.3 Å². The number of fused-ring (bicyclic) bond motifs is 1. The highest BCUT2D eigenvalue weighted by atomic mass is 16.6. The molecule has 0 aliphatic rings. The van der Waals surface area contributed by atoms with E-state index in [0.717, 1.165) is 27.6 Å². The number of nitro benzene ring substituents is 1. The molecule has 4 rings (SSSR count). The molecule has 0 unspecified atom stereocenters. The zero-order chi connectivity index (χ0) is 16.5. The first kappa shape index (κ1) is 14.1. The van der Waals surface area contributed by atoms with Crippen LogP contribution in [0.2, 0.25) is 0 Å². The fraction of sp³-hybridized carbons (Fsp3) is 0. The number of hydrogen-bond donors (Lipinski definition) is 1. The summed E-state index contributed by atoms with van der Waals surface area (Å²) in [6, 6.07) is 18.6. The van der Waals surface area contributed by atoms with Gasteiger partial charge in [0.25, 0.3) is 5.69 Å². The maximum Gasteiger partial charge on any atom is 0.270 e. The molecule has 24 heavy (non-hydrogen) atoms. The smallest absolute Gasteiger partial charge is 0.270 e. The maximum absolute atomic E-state index is 11.0. The number of H-pyrrole nitrogens is 1. The van der Waals surface area contributed by atoms with Crippen LogP contribution < -0.4 is 0 Å². The van der Waals surface area contributed by atoms with Crippen LogP contribution in [0.3, 0.4) is 0 Å². The predicted molar refractivity (Wildman–Crippen MR) is 93.6 cm³/mol. The maximum atomic E-state index is 11.0. The molecule has 0 radical (unpaired) electrons. The summed E-state index contributed by atoms with van der Waals surface area (Å²) >= 11 is 0. The molecule has 0 bridgehead atoms. The Hall–Kier alpha value is -3.47. The average molecular weight is 315 g/mol. The van der Waals surface area contributed by atoms with Crippen LogP contribution in [0.5, 0.6) is 0 Å². The second kappa shape index (κ2) is 5.62. The lowest BCUT2D eigenvalue weighted by atomic mass is 10.0. The third-order valence-electron chi connectivity index (χ3n) is 4.02. The SMILES string of the molecule is O=[N+]([O-])c1cccc(-c2nccc3c(-c4ccccc4)c[nH]c23)c1. The van der Waals surface area contributed by atoms with E-state index >= 15 is 0 Å². The summed E-state index contributed by atoms with van der Waals surface area (Å²) in [5.41, 5.74) is 4.55. The fourth-order valence-corrected chi connectivity index (χ4v) is 2.90. The van der Waals surface area contributed by atoms with Crippen molar-refractivity contribution in [3.05, 3.63) is 83.2 Å². The molecule has 2 aromatic heterocycles. The minimum Gasteiger partial charge on any atom is -0.359 e. The zero-order valence-corrected chi connectivity index (χ0v) is 12.6. The van der Waals surface area contributed by atoms with Crippen LogP contribution in [0.1, 0.15) is 0 Å². The molecule has 0 amide bonds. The highest BCUT2D eigenvalue weighted by molar-refractivity contribution is 6.01. The van der Waals surface area contributed by atoms with Gasteiger partial charge in [0.2, 0.25) is 0 Å². The van der Waals surface area contributed by atoms with Crippen molar-refractivity contribution in [3.8, 4) is 22.4 Å². The minimum absolute atomic E-state index is 0.0566. The van der Waals surface area contributed by atoms with Crippen molar-refractivity contribution >= 4 is 16.6 Å². The van der Waals surface area contributed by atoms with Crippen molar-refractivity contribution in [2.24, 2.45) is 0 Å². The average Bonchev–Trinajstić information content (AvgIpc) is 3.06. The van der Waals surface area contributed by atoms with Crippen LogP contribution in [-0.4, -0.2) is 14.9 Å². The molecule has 0 spiro atoms. The van der Waals surface area contributed by atoms with Gasteiger partial charge in [0.05, 0.1) is 16.1 Å². The number of nitrogens with zero attached hydrogens (tertiary/aromatic N) is 2. The molecule has 0 saturated heterocycles. The molecule has 116 valence electrons. The second-order valence-corrected chi connectivity index (χ2v) is 5.46. The van der Waals surface area contributed by atoms with Crippen LogP contribution in [0.25, 0.3) is 33.3 Å². The van der Waals surface area contributed by atoms with E-state index in [1.165, 1.54) is 6.07 Å². The van der Waals surface area contributed by atoms with E-state index in [2.05, 4.69) is 22.1 Å². The highest BCUT2D eigenvalue weighted by Gasteiger charge is 2.14. The summed E-state index contributed by atoms with van der Waals surface area (Å²) in [5.74, 6) is 0. The van der Waals surface area contributed by atoms with Gasteiger partial charge in [0.15, 0.2) is 0 Å². The van der Waals surface area contributed by atoms with Gasteiger partial charge in [0, 0.05) is 41.0 Å². The monoisotopic (exact) mass is 315 g/mol. The third-order valence-corrected chi connectivity index (χ3v) is 4.02. The van der Waals surface area contributed by atoms with Crippen LogP contribution in [-0.2, 0) is 0 Å². The van der Waals surface area contributed by atoms with Crippen LogP contribution in [0.4, 0.5) is 5.69 Å². The molecule has 1 N–H and O–H groups in total. The van der Waals surface area contributed by atoms with Gasteiger partial charge >= 0.3 is 0 Å². The van der Waals surface area contributed by atoms with E-state index in [4.69, 9.17) is 0 Å². The van der Waals surface area contributed by atoms with Gasteiger partial charge in [-0.2, -0.15) is 0 Å². The topological polar surface area (TPSA) is 71.8 Å². The first-order valence-electron chi connectivity index (χ1n) is 7.50. The Morgan fingerprint density at radius 2 is 1.75 bits per heavy atom. The predicted octanol–water partition coefficient (Wildman–Crippen LogP) is 4.81. The van der Waals surface area contributed by atoms with E-state index in [0.29, 0.717) is 5.69 Å². The largest absolute Gasteiger partial charge is 0.359 e. The molecule has 0 saturated carbocycles. The molecule has 2 aromatic carbocycles. The Kier molecular flexibility index (Phi) is 3.31. The standard InChI is InChI=1S/C19H13N3O2/c23-22(24)15-8-4-7-14(11-15)18-19-16(9-10-20-18)17(12-21-19)13-5-2-1-3-6-13/h1-12,21H. The lowest BCUT2D eigenvalue weighted by Crippen LogP contribution is -1.90. The quantitative estimate of drug-likeness (QED) is 0.436. The Morgan fingerprint density at radius 3 is 2.54 bits per heavy atom. The summed E-state index contributed by atoms with van der Waals surface area (Å²) < 4.78 is 0. The lowest BCUT2D eigenvalue weighted by molar-refractivity contribution is -0.384. The fourth-order valence-electron chi connectivity index (χ4n) is 2.90. The number of pyridine rings is 1. The molecule has 2 heterocycles. The molecule has 5 heteroatoms. The number of benzene rings is 2. The first-order chi connectivity index (χ1) is 11.7. The van der Waals surface area contributed by atoms with Gasteiger partial charge in [-0.3, -0.25) is 15.1 Å². The summed E-state index contributed by atoms with van der Waals surface area (Å²) in [6.07, 6.45) is 3.68. The number of non-ortho nitro benzene ring substituents is 1. The number of aromatic nitrogens is 2. The van der Waals surface area contributed by atoms with Crippen LogP contribution >= 0.6 is 0 Å². The number of nitrogens with one attached hydrogen (secondary N) is 1. The van der Waals surface area contributed by atoms with Crippen molar-refractivity contribution in [2.45, 2.75) is 0 Å². The molecule has 4 aromatic rings. The Morgan fingerprint density at radius 1 is 0.958 bits per heavy atom. The van der Waals surface area contributed by atoms with E-state index in [-0.39, 0.29) is 5.69 Å². The van der Waals surface area contributed by atoms with Gasteiger partial charge in [-0.25, -0.2) is 0 Å². The Balaban J connectivity index is 1.91. The normalized spacial score (nSPS) is 10.8. The molecular formula is C19H13N3O2. The van der Waals surface area contributed by atoms with Crippen LogP contribution in [0.15, 0.2) is 73.1 Å². The van der Waals surface area contributed by atoms with Crippen molar-refractivity contribution < 1.29 is 4.92 Å². The molecule has 0 fully saturated rings. The first-order valence-corrected chi connectivity index (χ1v) is 7.50. The molecule has 0 aliphatic carbocycles. The van der Waals surface area contributed by atoms with Gasteiger partial charge in [-0.05, 0) is 11.6 Å². The number of aromatic amines is 1. The molecule has 0 aliphatic heterocycles. The molecular weight excluding hydrogens is 302 g/mol. The molecule has 5 nitrogen and oxygen atoms in total. The van der Waals surface area contributed by atoms with E-state index in [9.17, 15) is 10.1 Å². The van der Waals surface area contributed by atoms with Gasteiger partial charge in [-0.1, -0.05) is 42.5 Å². The molecule has 0 atom stereocenters. The summed E-state index contributed by atoms with van der Waals surface area (Å²) in [7, 11) is 0. The van der Waals surface area contributed by atoms with Gasteiger partial charge in [0.1, 0.15) is 0 Å². The number of rotatable bonds is 3. The highest BCUT2D eigenvalue weighted by Crippen LogP contribution is 2.33. The zero-order valence-electron chi connectivity index (χ0n) is 12.6. The van der Waals surface area contributed by atoms with Gasteiger partial charge < -0.3 is 4.98 Å². The summed E-state index contributed by atoms with van der Waals surface area (Å²) in [5, 5.41) is 12.1. The summed E-state index contributed by atoms with van der Waals surface area (Å²) in [4.78, 5) is 18.3. The van der Waals surface area contributed by atoms with Crippen LogP contribution in [0, 0.1) is 10.1 Å². The number of nitro groups is 1. The Labute approximate surface area is 137 Å². The van der Waals surface area contributed by atoms with Crippen molar-refractivity contribution in [3.63, 3.8) is 0 Å². The van der Waals surface area contributed by atoms with E-state index < -0.39 is 4.92 Å². The second-order valence-electron chi connectivity index (χ2n) is 5.46. The van der Waals surface area contributed by atoms with Crippen molar-refractivity contribution in [1.82, 2.24) is 9.97 Å². The third kappa shape index (κ3) is 2.32. The lowest BCUT2D eigenvalue weighted by Gasteiger charge is -2.04. The Bertz CT molecular complexity index is 1040. The summed E-state index contributed by atoms with van der Waals surface area (Å²) in [6.45, 7) is 0.